The molecule has 0 radical (unpaired) electrons. The SMILES string of the molecule is Cc1ccc2c(c1)nc(N)c1ncc(CCc3ccc(OCCCCc4ccccc4)cc3)cc12. The first kappa shape index (κ1) is 22.9. The zero-order valence-corrected chi connectivity index (χ0v) is 20.2. The molecule has 0 saturated carbocycles. The fraction of sp³-hybridized carbons (Fsp3) is 0.226. The number of rotatable bonds is 9. The van der Waals surface area contributed by atoms with Crippen LogP contribution < -0.4 is 10.5 Å². The van der Waals surface area contributed by atoms with Crippen LogP contribution >= 0.6 is 0 Å². The van der Waals surface area contributed by atoms with Gasteiger partial charge in [-0.25, -0.2) is 4.98 Å². The number of ether oxygens (including phenoxy) is 1. The van der Waals surface area contributed by atoms with Gasteiger partial charge in [-0.2, -0.15) is 0 Å². The minimum absolute atomic E-state index is 0.486. The molecule has 3 aromatic carbocycles. The maximum absolute atomic E-state index is 6.19. The fourth-order valence-corrected chi connectivity index (χ4v) is 4.51. The third-order valence-electron chi connectivity index (χ3n) is 6.47. The van der Waals surface area contributed by atoms with Gasteiger partial charge in [0, 0.05) is 17.0 Å². The molecule has 0 unspecified atom stereocenters. The molecule has 0 atom stereocenters. The van der Waals surface area contributed by atoms with Crippen LogP contribution in [0.15, 0.2) is 85.1 Å². The second-order valence-electron chi connectivity index (χ2n) is 9.19. The zero-order chi connectivity index (χ0) is 24.0. The van der Waals surface area contributed by atoms with Crippen molar-refractivity contribution in [1.82, 2.24) is 9.97 Å². The Hall–Kier alpha value is -3.92. The van der Waals surface area contributed by atoms with Crippen LogP contribution in [-0.2, 0) is 19.3 Å². The second kappa shape index (κ2) is 10.6. The lowest BCUT2D eigenvalue weighted by molar-refractivity contribution is 0.307. The molecule has 0 spiro atoms. The lowest BCUT2D eigenvalue weighted by atomic mass is 10.0. The first-order chi connectivity index (χ1) is 17.2. The molecular weight excluding hydrogens is 430 g/mol. The van der Waals surface area contributed by atoms with Gasteiger partial charge in [-0.05, 0) is 85.5 Å². The van der Waals surface area contributed by atoms with E-state index in [-0.39, 0.29) is 0 Å². The molecule has 2 aromatic heterocycles. The van der Waals surface area contributed by atoms with E-state index < -0.39 is 0 Å². The third-order valence-corrected chi connectivity index (χ3v) is 6.47. The molecule has 0 aliphatic rings. The Morgan fingerprint density at radius 3 is 2.34 bits per heavy atom. The van der Waals surface area contributed by atoms with E-state index in [9.17, 15) is 0 Å². The quantitative estimate of drug-likeness (QED) is 0.192. The molecule has 4 nitrogen and oxygen atoms in total. The number of pyridine rings is 2. The number of nitrogen functional groups attached to an aromatic ring is 1. The van der Waals surface area contributed by atoms with Gasteiger partial charge in [-0.1, -0.05) is 54.6 Å². The molecule has 2 heterocycles. The van der Waals surface area contributed by atoms with Crippen LogP contribution in [0.1, 0.15) is 35.1 Å². The molecular formula is C31H31N3O. The Morgan fingerprint density at radius 1 is 0.743 bits per heavy atom. The topological polar surface area (TPSA) is 61.0 Å². The summed E-state index contributed by atoms with van der Waals surface area (Å²) in [6.07, 6.45) is 7.08. The maximum Gasteiger partial charge on any atom is 0.150 e. The van der Waals surface area contributed by atoms with Gasteiger partial charge in [0.05, 0.1) is 12.1 Å². The Morgan fingerprint density at radius 2 is 1.51 bits per heavy atom. The summed E-state index contributed by atoms with van der Waals surface area (Å²) in [5, 5.41) is 2.17. The van der Waals surface area contributed by atoms with Crippen LogP contribution in [-0.4, -0.2) is 16.6 Å². The first-order valence-electron chi connectivity index (χ1n) is 12.4. The second-order valence-corrected chi connectivity index (χ2v) is 9.19. The van der Waals surface area contributed by atoms with Crippen molar-refractivity contribution in [3.8, 4) is 5.75 Å². The van der Waals surface area contributed by atoms with Gasteiger partial charge >= 0.3 is 0 Å². The van der Waals surface area contributed by atoms with Crippen LogP contribution in [0.5, 0.6) is 5.75 Å². The minimum Gasteiger partial charge on any atom is -0.494 e. The molecule has 0 saturated heterocycles. The van der Waals surface area contributed by atoms with Crippen molar-refractivity contribution < 1.29 is 4.74 Å². The normalized spacial score (nSPS) is 11.2. The molecule has 5 aromatic rings. The zero-order valence-electron chi connectivity index (χ0n) is 20.2. The van der Waals surface area contributed by atoms with E-state index in [1.54, 1.807) is 0 Å². The molecule has 0 amide bonds. The Bertz CT molecular complexity index is 1430. The van der Waals surface area contributed by atoms with E-state index in [1.807, 2.05) is 6.20 Å². The number of unbranched alkanes of at least 4 members (excludes halogenated alkanes) is 1. The highest BCUT2D eigenvalue weighted by atomic mass is 16.5. The summed E-state index contributed by atoms with van der Waals surface area (Å²) in [5.41, 5.74) is 12.9. The molecule has 2 N–H and O–H groups in total. The lowest BCUT2D eigenvalue weighted by Crippen LogP contribution is -1.99. The van der Waals surface area contributed by atoms with Gasteiger partial charge in [-0.15, -0.1) is 0 Å². The molecule has 176 valence electrons. The fourth-order valence-electron chi connectivity index (χ4n) is 4.51. The number of nitrogens with zero attached hydrogens (tertiary/aromatic N) is 2. The van der Waals surface area contributed by atoms with Gasteiger partial charge in [0.25, 0.3) is 0 Å². The molecule has 35 heavy (non-hydrogen) atoms. The summed E-state index contributed by atoms with van der Waals surface area (Å²) < 4.78 is 5.94. The number of hydrogen-bond donors (Lipinski definition) is 1. The molecule has 0 aliphatic heterocycles. The summed E-state index contributed by atoms with van der Waals surface area (Å²) in [6.45, 7) is 2.82. The van der Waals surface area contributed by atoms with Gasteiger partial charge in [0.1, 0.15) is 11.3 Å². The van der Waals surface area contributed by atoms with Crippen molar-refractivity contribution in [3.05, 3.63) is 107 Å². The number of benzene rings is 3. The van der Waals surface area contributed by atoms with E-state index in [1.165, 1.54) is 22.3 Å². The highest BCUT2D eigenvalue weighted by Gasteiger charge is 2.09. The van der Waals surface area contributed by atoms with Gasteiger partial charge in [0.15, 0.2) is 5.82 Å². The molecule has 0 bridgehead atoms. The maximum atomic E-state index is 6.19. The third kappa shape index (κ3) is 5.60. The number of fused-ring (bicyclic) bond motifs is 3. The molecule has 5 rings (SSSR count). The first-order valence-corrected chi connectivity index (χ1v) is 12.4. The van der Waals surface area contributed by atoms with E-state index in [4.69, 9.17) is 10.5 Å². The predicted octanol–water partition coefficient (Wildman–Crippen LogP) is 6.86. The number of hydrogen-bond acceptors (Lipinski definition) is 4. The highest BCUT2D eigenvalue weighted by Crippen LogP contribution is 2.28. The van der Waals surface area contributed by atoms with E-state index in [0.717, 1.165) is 66.3 Å². The van der Waals surface area contributed by atoms with Crippen LogP contribution in [0, 0.1) is 6.92 Å². The Labute approximate surface area is 206 Å². The Balaban J connectivity index is 1.16. The smallest absolute Gasteiger partial charge is 0.150 e. The van der Waals surface area contributed by atoms with Gasteiger partial charge in [-0.3, -0.25) is 4.98 Å². The monoisotopic (exact) mass is 461 g/mol. The Kier molecular flexibility index (Phi) is 6.89. The summed E-state index contributed by atoms with van der Waals surface area (Å²) in [5.74, 6) is 1.42. The van der Waals surface area contributed by atoms with E-state index >= 15 is 0 Å². The molecule has 0 fully saturated rings. The van der Waals surface area contributed by atoms with Gasteiger partial charge < -0.3 is 10.5 Å². The average Bonchev–Trinajstić information content (AvgIpc) is 2.88. The largest absolute Gasteiger partial charge is 0.494 e. The van der Waals surface area contributed by atoms with Crippen LogP contribution in [0.2, 0.25) is 0 Å². The highest BCUT2D eigenvalue weighted by molar-refractivity contribution is 6.08. The number of nitrogens with two attached hydrogens (primary N) is 1. The van der Waals surface area contributed by atoms with E-state index in [2.05, 4.69) is 95.8 Å². The van der Waals surface area contributed by atoms with Crippen molar-refractivity contribution >= 4 is 27.6 Å². The van der Waals surface area contributed by atoms with Gasteiger partial charge in [0.2, 0.25) is 0 Å². The summed E-state index contributed by atoms with van der Waals surface area (Å²) in [6, 6.07) is 27.6. The van der Waals surface area contributed by atoms with Crippen molar-refractivity contribution in [2.75, 3.05) is 12.3 Å². The number of aromatic nitrogens is 2. The van der Waals surface area contributed by atoms with Crippen molar-refractivity contribution in [1.29, 1.82) is 0 Å². The minimum atomic E-state index is 0.486. The van der Waals surface area contributed by atoms with Crippen LogP contribution in [0.4, 0.5) is 5.82 Å². The summed E-state index contributed by atoms with van der Waals surface area (Å²) in [7, 11) is 0. The standard InChI is InChI=1S/C31H31N3O/c1-22-10-17-27-28-20-25(21-33-30(28)31(32)34-29(27)19-22)12-11-24-13-15-26(16-14-24)35-18-6-5-9-23-7-3-2-4-8-23/h2-4,7-8,10,13-17,19-21H,5-6,9,11-12,18H2,1H3,(H2,32,34). The van der Waals surface area contributed by atoms with E-state index in [0.29, 0.717) is 5.82 Å². The van der Waals surface area contributed by atoms with Crippen molar-refractivity contribution in [2.24, 2.45) is 0 Å². The number of anilines is 1. The average molecular weight is 462 g/mol. The van der Waals surface area contributed by atoms with Crippen LogP contribution in [0.25, 0.3) is 21.8 Å². The van der Waals surface area contributed by atoms with Crippen molar-refractivity contribution in [2.45, 2.75) is 39.0 Å². The molecule has 4 heteroatoms. The summed E-state index contributed by atoms with van der Waals surface area (Å²) >= 11 is 0. The number of aryl methyl sites for hydroxylation is 4. The lowest BCUT2D eigenvalue weighted by Gasteiger charge is -2.10. The van der Waals surface area contributed by atoms with Crippen molar-refractivity contribution in [3.63, 3.8) is 0 Å². The predicted molar refractivity (Wildman–Crippen MR) is 145 cm³/mol. The summed E-state index contributed by atoms with van der Waals surface area (Å²) in [4.78, 5) is 9.19. The molecule has 0 aliphatic carbocycles. The van der Waals surface area contributed by atoms with Crippen LogP contribution in [0.3, 0.4) is 0 Å².